The highest BCUT2D eigenvalue weighted by molar-refractivity contribution is 6.00. The number of nitrogens with one attached hydrogen (secondary N) is 2. The van der Waals surface area contributed by atoms with E-state index < -0.39 is 5.91 Å². The van der Waals surface area contributed by atoms with Crippen molar-refractivity contribution in [3.63, 3.8) is 0 Å². The predicted octanol–water partition coefficient (Wildman–Crippen LogP) is 2.93. The zero-order chi connectivity index (χ0) is 31.8. The number of Topliss-reactive ketones (excluding diaryl/α,β-unsaturated/α-hetero) is 1. The summed E-state index contributed by atoms with van der Waals surface area (Å²) in [7, 11) is 1.93. The molecule has 0 unspecified atom stereocenters. The number of primary amides is 1. The van der Waals surface area contributed by atoms with Gasteiger partial charge in [-0.15, -0.1) is 0 Å². The van der Waals surface area contributed by atoms with E-state index in [9.17, 15) is 9.59 Å². The van der Waals surface area contributed by atoms with Crippen LogP contribution < -0.4 is 16.4 Å². The van der Waals surface area contributed by atoms with E-state index in [2.05, 4.69) is 29.6 Å². The van der Waals surface area contributed by atoms with Crippen molar-refractivity contribution in [2.75, 3.05) is 91.5 Å². The number of amides is 1. The number of carbonyl (C=O) groups is 2. The summed E-state index contributed by atoms with van der Waals surface area (Å²) in [6.07, 6.45) is 2.97. The molecule has 2 aromatic rings. The molecule has 12 nitrogen and oxygen atoms in total. The second-order valence-electron chi connectivity index (χ2n) is 11.7. The third kappa shape index (κ3) is 11.6. The van der Waals surface area contributed by atoms with Gasteiger partial charge in [-0.1, -0.05) is 13.8 Å². The van der Waals surface area contributed by atoms with Crippen LogP contribution in [-0.4, -0.2) is 108 Å². The Morgan fingerprint density at radius 1 is 0.886 bits per heavy atom. The summed E-state index contributed by atoms with van der Waals surface area (Å²) in [5.41, 5.74) is 9.65. The third-order valence-electron chi connectivity index (χ3n) is 7.22. The fourth-order valence-corrected chi connectivity index (χ4v) is 5.11. The van der Waals surface area contributed by atoms with Gasteiger partial charge in [0, 0.05) is 31.9 Å². The number of nitrogens with two attached hydrogens (primary N) is 1. The van der Waals surface area contributed by atoms with Gasteiger partial charge in [0.1, 0.15) is 0 Å². The number of nitrogens with zero attached hydrogens (tertiary/aromatic N) is 2. The van der Waals surface area contributed by atoms with Crippen molar-refractivity contribution < 1.29 is 33.3 Å². The largest absolute Gasteiger partial charge is 0.384 e. The highest BCUT2D eigenvalue weighted by Gasteiger charge is 2.35. The van der Waals surface area contributed by atoms with Gasteiger partial charge < -0.3 is 40.1 Å². The van der Waals surface area contributed by atoms with E-state index in [-0.39, 0.29) is 11.2 Å². The number of ketones is 1. The number of hydrogen-bond acceptors (Lipinski definition) is 10. The number of fused-ring (bicyclic) bond motifs is 1. The van der Waals surface area contributed by atoms with Crippen molar-refractivity contribution in [2.24, 2.45) is 11.1 Å². The molecule has 1 aliphatic rings. The molecule has 1 heterocycles. The Balaban J connectivity index is 1.30. The smallest absolute Gasteiger partial charge is 0.250 e. The maximum atomic E-state index is 12.8. The summed E-state index contributed by atoms with van der Waals surface area (Å²) in [4.78, 5) is 24.9. The van der Waals surface area contributed by atoms with Crippen molar-refractivity contribution in [2.45, 2.75) is 46.5 Å². The molecule has 0 saturated heterocycles. The fraction of sp³-hybridized carbons (Fsp3) is 0.656. The highest BCUT2D eigenvalue weighted by atomic mass is 16.6. The standard InChI is InChI=1S/C32H51N5O7/c1-24-30-28(22-32(2,3)23-29(30)38)37(36-24)25-7-8-26(31(33)39)27(21-25)35-10-6-12-41-14-16-43-18-20-44-19-17-42-15-13-40-11-5-9-34-4/h7-8,21,34-35H,5-6,9-20,22-23H2,1-4H3,(H2,33,39). The van der Waals surface area contributed by atoms with Gasteiger partial charge in [0.05, 0.1) is 81.1 Å². The molecule has 0 bridgehead atoms. The van der Waals surface area contributed by atoms with E-state index in [0.29, 0.717) is 89.2 Å². The monoisotopic (exact) mass is 617 g/mol. The van der Waals surface area contributed by atoms with Gasteiger partial charge in [-0.05, 0) is 63.4 Å². The first-order valence-electron chi connectivity index (χ1n) is 15.6. The van der Waals surface area contributed by atoms with Crippen LogP contribution in [0.5, 0.6) is 0 Å². The molecule has 1 aliphatic carbocycles. The maximum Gasteiger partial charge on any atom is 0.250 e. The summed E-state index contributed by atoms with van der Waals surface area (Å²) in [5, 5.41) is 11.1. The van der Waals surface area contributed by atoms with Crippen molar-refractivity contribution >= 4 is 17.4 Å². The normalized spacial score (nSPS) is 14.1. The van der Waals surface area contributed by atoms with E-state index in [1.807, 2.05) is 30.8 Å². The van der Waals surface area contributed by atoms with E-state index in [1.54, 1.807) is 6.07 Å². The number of benzene rings is 1. The first-order chi connectivity index (χ1) is 21.2. The number of aromatic nitrogens is 2. The summed E-state index contributed by atoms with van der Waals surface area (Å²) < 4.78 is 29.5. The average molecular weight is 618 g/mol. The van der Waals surface area contributed by atoms with Crippen LogP contribution in [0.1, 0.15) is 65.2 Å². The molecule has 1 amide bonds. The fourth-order valence-electron chi connectivity index (χ4n) is 5.11. The molecule has 12 heteroatoms. The number of rotatable bonds is 23. The Labute approximate surface area is 261 Å². The van der Waals surface area contributed by atoms with E-state index in [0.717, 1.165) is 49.5 Å². The van der Waals surface area contributed by atoms with Crippen molar-refractivity contribution in [1.82, 2.24) is 15.1 Å². The highest BCUT2D eigenvalue weighted by Crippen LogP contribution is 2.37. The SMILES string of the molecule is CNCCCOCCOCCOCCOCCOCCCNc1cc(-n2nc(C)c3c2CC(C)(C)CC3=O)ccc1C(N)=O. The van der Waals surface area contributed by atoms with Gasteiger partial charge in [-0.2, -0.15) is 5.10 Å². The maximum absolute atomic E-state index is 12.8. The first kappa shape index (κ1) is 35.6. The molecular weight excluding hydrogens is 566 g/mol. The lowest BCUT2D eigenvalue weighted by Crippen LogP contribution is -2.28. The molecule has 0 atom stereocenters. The molecule has 44 heavy (non-hydrogen) atoms. The van der Waals surface area contributed by atoms with Crippen LogP contribution in [0.15, 0.2) is 18.2 Å². The Morgan fingerprint density at radius 3 is 1.98 bits per heavy atom. The van der Waals surface area contributed by atoms with Crippen LogP contribution in [0, 0.1) is 12.3 Å². The Bertz CT molecular complexity index is 1180. The zero-order valence-electron chi connectivity index (χ0n) is 26.9. The van der Waals surface area contributed by atoms with Crippen molar-refractivity contribution in [3.05, 3.63) is 40.7 Å². The number of anilines is 1. The molecular formula is C32H51N5O7. The summed E-state index contributed by atoms with van der Waals surface area (Å²) in [6, 6.07) is 5.38. The molecule has 0 saturated carbocycles. The second kappa shape index (κ2) is 18.8. The quantitative estimate of drug-likeness (QED) is 0.159. The molecule has 1 aromatic heterocycles. The lowest BCUT2D eigenvalue weighted by molar-refractivity contribution is -0.0111. The van der Waals surface area contributed by atoms with Crippen LogP contribution in [-0.2, 0) is 30.1 Å². The minimum Gasteiger partial charge on any atom is -0.384 e. The Hall–Kier alpha value is -2.87. The van der Waals surface area contributed by atoms with Gasteiger partial charge in [0.2, 0.25) is 0 Å². The molecule has 246 valence electrons. The molecule has 0 radical (unpaired) electrons. The van der Waals surface area contributed by atoms with E-state index in [4.69, 9.17) is 29.4 Å². The number of hydrogen-bond donors (Lipinski definition) is 3. The average Bonchev–Trinajstić information content (AvgIpc) is 3.30. The molecule has 0 fully saturated rings. The predicted molar refractivity (Wildman–Crippen MR) is 169 cm³/mol. The molecule has 4 N–H and O–H groups in total. The lowest BCUT2D eigenvalue weighted by atomic mass is 9.75. The number of carbonyl (C=O) groups excluding carboxylic acids is 2. The van der Waals surface area contributed by atoms with Crippen molar-refractivity contribution in [3.8, 4) is 5.69 Å². The number of aryl methyl sites for hydroxylation is 1. The minimum atomic E-state index is -0.514. The van der Waals surface area contributed by atoms with Crippen molar-refractivity contribution in [1.29, 1.82) is 0 Å². The van der Waals surface area contributed by atoms with Gasteiger partial charge >= 0.3 is 0 Å². The summed E-state index contributed by atoms with van der Waals surface area (Å²) >= 11 is 0. The molecule has 1 aromatic carbocycles. The topological polar surface area (TPSA) is 148 Å². The van der Waals surface area contributed by atoms with Crippen LogP contribution in [0.3, 0.4) is 0 Å². The van der Waals surface area contributed by atoms with Crippen LogP contribution in [0.25, 0.3) is 5.69 Å². The van der Waals surface area contributed by atoms with Gasteiger partial charge in [-0.3, -0.25) is 9.59 Å². The Kier molecular flexibility index (Phi) is 15.2. The summed E-state index contributed by atoms with van der Waals surface area (Å²) in [6.45, 7) is 13.1. The van der Waals surface area contributed by atoms with Crippen LogP contribution in [0.4, 0.5) is 5.69 Å². The van der Waals surface area contributed by atoms with E-state index in [1.165, 1.54) is 0 Å². The van der Waals surface area contributed by atoms with Gasteiger partial charge in [0.15, 0.2) is 5.78 Å². The zero-order valence-corrected chi connectivity index (χ0v) is 26.9. The molecule has 0 spiro atoms. The lowest BCUT2D eigenvalue weighted by Gasteiger charge is -2.29. The van der Waals surface area contributed by atoms with Crippen LogP contribution in [0.2, 0.25) is 0 Å². The van der Waals surface area contributed by atoms with Gasteiger partial charge in [0.25, 0.3) is 5.91 Å². The Morgan fingerprint density at radius 2 is 1.43 bits per heavy atom. The minimum absolute atomic E-state index is 0.125. The molecule has 3 rings (SSSR count). The molecule has 0 aliphatic heterocycles. The van der Waals surface area contributed by atoms with Gasteiger partial charge in [-0.25, -0.2) is 4.68 Å². The third-order valence-corrected chi connectivity index (χ3v) is 7.22. The van der Waals surface area contributed by atoms with Crippen LogP contribution >= 0.6 is 0 Å². The second-order valence-corrected chi connectivity index (χ2v) is 11.7. The number of ether oxygens (including phenoxy) is 5. The first-order valence-corrected chi connectivity index (χ1v) is 15.6. The summed E-state index contributed by atoms with van der Waals surface area (Å²) in [5.74, 6) is -0.389. The van der Waals surface area contributed by atoms with E-state index >= 15 is 0 Å².